The Labute approximate surface area is 111 Å². The first-order valence-corrected chi connectivity index (χ1v) is 7.14. The van der Waals surface area contributed by atoms with Crippen molar-refractivity contribution in [1.29, 1.82) is 0 Å². The van der Waals surface area contributed by atoms with Gasteiger partial charge in [-0.15, -0.1) is 0 Å². The van der Waals surface area contributed by atoms with Crippen LogP contribution < -0.4 is 5.73 Å². The van der Waals surface area contributed by atoms with E-state index in [-0.39, 0.29) is 18.1 Å². The average Bonchev–Trinajstić information content (AvgIpc) is 2.33. The summed E-state index contributed by atoms with van der Waals surface area (Å²) < 4.78 is 5.56. The maximum absolute atomic E-state index is 8.72. The zero-order valence-electron chi connectivity index (χ0n) is 12.2. The molecule has 1 saturated heterocycles. The van der Waals surface area contributed by atoms with E-state index in [9.17, 15) is 0 Å². The van der Waals surface area contributed by atoms with Crippen LogP contribution in [0, 0.1) is 5.41 Å². The van der Waals surface area contributed by atoms with Crippen molar-refractivity contribution in [2.45, 2.75) is 52.2 Å². The SMILES string of the molecule is CC(C)(C)C(N)CCN1CCC(OCCO)CC1. The number of hydrogen-bond acceptors (Lipinski definition) is 4. The van der Waals surface area contributed by atoms with Crippen LogP contribution in [-0.4, -0.2) is 55.0 Å². The minimum atomic E-state index is 0.126. The van der Waals surface area contributed by atoms with Crippen LogP contribution >= 0.6 is 0 Å². The molecule has 0 amide bonds. The summed E-state index contributed by atoms with van der Waals surface area (Å²) in [5.41, 5.74) is 6.38. The summed E-state index contributed by atoms with van der Waals surface area (Å²) in [4.78, 5) is 2.48. The predicted molar refractivity (Wildman–Crippen MR) is 74.5 cm³/mol. The molecule has 0 saturated carbocycles. The van der Waals surface area contributed by atoms with Crippen molar-refractivity contribution >= 4 is 0 Å². The van der Waals surface area contributed by atoms with Crippen molar-refractivity contribution in [3.63, 3.8) is 0 Å². The Balaban J connectivity index is 2.16. The van der Waals surface area contributed by atoms with E-state index in [2.05, 4.69) is 25.7 Å². The first-order valence-electron chi connectivity index (χ1n) is 7.14. The largest absolute Gasteiger partial charge is 0.394 e. The Hall–Kier alpha value is -0.160. The van der Waals surface area contributed by atoms with E-state index in [4.69, 9.17) is 15.6 Å². The molecule has 0 bridgehead atoms. The van der Waals surface area contributed by atoms with Gasteiger partial charge in [-0.05, 0) is 31.2 Å². The molecule has 0 aromatic rings. The van der Waals surface area contributed by atoms with Crippen LogP contribution in [0.5, 0.6) is 0 Å². The molecule has 0 aromatic carbocycles. The lowest BCUT2D eigenvalue weighted by molar-refractivity contribution is -0.00842. The molecule has 18 heavy (non-hydrogen) atoms. The second-order valence-electron chi connectivity index (χ2n) is 6.40. The maximum atomic E-state index is 8.72. The second kappa shape index (κ2) is 7.43. The summed E-state index contributed by atoms with van der Waals surface area (Å²) in [7, 11) is 0. The summed E-state index contributed by atoms with van der Waals surface area (Å²) >= 11 is 0. The van der Waals surface area contributed by atoms with Gasteiger partial charge >= 0.3 is 0 Å². The van der Waals surface area contributed by atoms with E-state index in [0.29, 0.717) is 12.7 Å². The van der Waals surface area contributed by atoms with Gasteiger partial charge in [-0.25, -0.2) is 0 Å². The van der Waals surface area contributed by atoms with E-state index in [1.807, 2.05) is 0 Å². The van der Waals surface area contributed by atoms with Gasteiger partial charge in [0.05, 0.1) is 19.3 Å². The van der Waals surface area contributed by atoms with Gasteiger partial charge in [0, 0.05) is 19.1 Å². The van der Waals surface area contributed by atoms with Crippen LogP contribution in [0.2, 0.25) is 0 Å². The number of ether oxygens (including phenoxy) is 1. The van der Waals surface area contributed by atoms with Gasteiger partial charge in [0.15, 0.2) is 0 Å². The van der Waals surface area contributed by atoms with E-state index in [1.54, 1.807) is 0 Å². The third kappa shape index (κ3) is 5.65. The zero-order valence-corrected chi connectivity index (χ0v) is 12.2. The fraction of sp³-hybridized carbons (Fsp3) is 1.00. The molecule has 4 heteroatoms. The van der Waals surface area contributed by atoms with Crippen molar-refractivity contribution in [3.8, 4) is 0 Å². The molecule has 4 nitrogen and oxygen atoms in total. The molecule has 1 aliphatic heterocycles. The van der Waals surface area contributed by atoms with Gasteiger partial charge in [-0.2, -0.15) is 0 Å². The monoisotopic (exact) mass is 258 g/mol. The van der Waals surface area contributed by atoms with E-state index < -0.39 is 0 Å². The van der Waals surface area contributed by atoms with Gasteiger partial charge in [-0.1, -0.05) is 20.8 Å². The number of hydrogen-bond donors (Lipinski definition) is 2. The normalized spacial score (nSPS) is 21.2. The number of aliphatic hydroxyl groups excluding tert-OH is 1. The van der Waals surface area contributed by atoms with Crippen molar-refractivity contribution < 1.29 is 9.84 Å². The minimum absolute atomic E-state index is 0.126. The molecule has 1 unspecified atom stereocenters. The zero-order chi connectivity index (χ0) is 13.6. The Morgan fingerprint density at radius 3 is 2.44 bits per heavy atom. The molecule has 1 aliphatic rings. The van der Waals surface area contributed by atoms with E-state index in [0.717, 1.165) is 38.9 Å². The lowest BCUT2D eigenvalue weighted by Gasteiger charge is -2.34. The third-order valence-electron chi connectivity index (χ3n) is 3.85. The van der Waals surface area contributed by atoms with E-state index >= 15 is 0 Å². The number of nitrogens with zero attached hydrogens (tertiary/aromatic N) is 1. The van der Waals surface area contributed by atoms with Crippen LogP contribution in [0.15, 0.2) is 0 Å². The number of nitrogens with two attached hydrogens (primary N) is 1. The van der Waals surface area contributed by atoms with Gasteiger partial charge in [0.1, 0.15) is 0 Å². The summed E-state index contributed by atoms with van der Waals surface area (Å²) in [6, 6.07) is 0.265. The molecule has 0 radical (unpaired) electrons. The smallest absolute Gasteiger partial charge is 0.0701 e. The fourth-order valence-electron chi connectivity index (χ4n) is 2.27. The molecular formula is C14H30N2O2. The van der Waals surface area contributed by atoms with Gasteiger partial charge < -0.3 is 20.5 Å². The number of piperidine rings is 1. The average molecular weight is 258 g/mol. The summed E-state index contributed by atoms with van der Waals surface area (Å²) in [5, 5.41) is 8.72. The quantitative estimate of drug-likeness (QED) is 0.752. The molecule has 1 atom stereocenters. The molecule has 1 heterocycles. The van der Waals surface area contributed by atoms with Crippen LogP contribution in [-0.2, 0) is 4.74 Å². The third-order valence-corrected chi connectivity index (χ3v) is 3.85. The van der Waals surface area contributed by atoms with Crippen molar-refractivity contribution in [2.24, 2.45) is 11.1 Å². The Morgan fingerprint density at radius 1 is 1.33 bits per heavy atom. The first kappa shape index (κ1) is 15.9. The number of aliphatic hydroxyl groups is 1. The van der Waals surface area contributed by atoms with Gasteiger partial charge in [-0.3, -0.25) is 0 Å². The Kier molecular flexibility index (Phi) is 6.57. The highest BCUT2D eigenvalue weighted by molar-refractivity contribution is 4.79. The molecule has 0 aliphatic carbocycles. The van der Waals surface area contributed by atoms with E-state index in [1.165, 1.54) is 0 Å². The van der Waals surface area contributed by atoms with Crippen LogP contribution in [0.1, 0.15) is 40.0 Å². The number of likely N-dealkylation sites (tertiary alicyclic amines) is 1. The minimum Gasteiger partial charge on any atom is -0.394 e. The molecule has 108 valence electrons. The predicted octanol–water partition coefficient (Wildman–Crippen LogP) is 1.22. The summed E-state index contributed by atoms with van der Waals surface area (Å²) in [6.45, 7) is 10.5. The molecular weight excluding hydrogens is 228 g/mol. The topological polar surface area (TPSA) is 58.7 Å². The summed E-state index contributed by atoms with van der Waals surface area (Å²) in [5.74, 6) is 0. The van der Waals surface area contributed by atoms with Crippen molar-refractivity contribution in [3.05, 3.63) is 0 Å². The van der Waals surface area contributed by atoms with Crippen LogP contribution in [0.4, 0.5) is 0 Å². The molecule has 1 rings (SSSR count). The Bertz CT molecular complexity index is 220. The lowest BCUT2D eigenvalue weighted by Crippen LogP contribution is -2.42. The van der Waals surface area contributed by atoms with Gasteiger partial charge in [0.2, 0.25) is 0 Å². The van der Waals surface area contributed by atoms with Crippen LogP contribution in [0.25, 0.3) is 0 Å². The standard InChI is InChI=1S/C14H30N2O2/c1-14(2,3)13(15)6-9-16-7-4-12(5-8-16)18-11-10-17/h12-13,17H,4-11,15H2,1-3H3. The Morgan fingerprint density at radius 2 is 1.94 bits per heavy atom. The fourth-order valence-corrected chi connectivity index (χ4v) is 2.27. The number of rotatable bonds is 6. The highest BCUT2D eigenvalue weighted by Gasteiger charge is 2.23. The van der Waals surface area contributed by atoms with Gasteiger partial charge in [0.25, 0.3) is 0 Å². The highest BCUT2D eigenvalue weighted by atomic mass is 16.5. The molecule has 3 N–H and O–H groups in total. The first-order chi connectivity index (χ1) is 8.43. The highest BCUT2D eigenvalue weighted by Crippen LogP contribution is 2.21. The summed E-state index contributed by atoms with van der Waals surface area (Å²) in [6.07, 6.45) is 3.55. The second-order valence-corrected chi connectivity index (χ2v) is 6.40. The maximum Gasteiger partial charge on any atom is 0.0701 e. The van der Waals surface area contributed by atoms with Crippen molar-refractivity contribution in [1.82, 2.24) is 4.90 Å². The van der Waals surface area contributed by atoms with Crippen molar-refractivity contribution in [2.75, 3.05) is 32.8 Å². The molecule has 0 spiro atoms. The van der Waals surface area contributed by atoms with Crippen LogP contribution in [0.3, 0.4) is 0 Å². The molecule has 0 aromatic heterocycles. The lowest BCUT2D eigenvalue weighted by atomic mass is 9.85. The molecule has 1 fully saturated rings.